The Kier molecular flexibility index (Phi) is 11.4. The van der Waals surface area contributed by atoms with Crippen LogP contribution in [0.25, 0.3) is 0 Å². The summed E-state index contributed by atoms with van der Waals surface area (Å²) in [7, 11) is 3.21. The molecule has 2 aromatic rings. The van der Waals surface area contributed by atoms with Gasteiger partial charge in [-0.05, 0) is 41.5 Å². The summed E-state index contributed by atoms with van der Waals surface area (Å²) in [4.78, 5) is 12.3. The maximum atomic E-state index is 12.3. The molecule has 0 aromatic heterocycles. The molecular formula is C22H31N3O3S. The van der Waals surface area contributed by atoms with Crippen molar-refractivity contribution in [1.29, 1.82) is 0 Å². The van der Waals surface area contributed by atoms with Crippen molar-refractivity contribution in [2.75, 3.05) is 32.3 Å². The molecule has 0 bridgehead atoms. The van der Waals surface area contributed by atoms with Crippen LogP contribution in [0, 0.1) is 0 Å². The second-order valence-corrected chi connectivity index (χ2v) is 6.36. The van der Waals surface area contributed by atoms with Gasteiger partial charge in [-0.15, -0.1) is 11.8 Å². The van der Waals surface area contributed by atoms with E-state index in [4.69, 9.17) is 15.2 Å². The zero-order valence-electron chi connectivity index (χ0n) is 17.7. The van der Waals surface area contributed by atoms with Gasteiger partial charge in [0, 0.05) is 36.1 Å². The van der Waals surface area contributed by atoms with E-state index in [2.05, 4.69) is 10.6 Å². The van der Waals surface area contributed by atoms with Crippen LogP contribution in [0.2, 0.25) is 0 Å². The summed E-state index contributed by atoms with van der Waals surface area (Å²) in [6, 6.07) is 13.1. The van der Waals surface area contributed by atoms with E-state index in [0.29, 0.717) is 35.8 Å². The van der Waals surface area contributed by atoms with Crippen molar-refractivity contribution in [3.05, 3.63) is 64.7 Å². The van der Waals surface area contributed by atoms with Gasteiger partial charge in [0.2, 0.25) is 0 Å². The van der Waals surface area contributed by atoms with E-state index < -0.39 is 0 Å². The second kappa shape index (κ2) is 13.5. The van der Waals surface area contributed by atoms with E-state index in [9.17, 15) is 4.79 Å². The van der Waals surface area contributed by atoms with Gasteiger partial charge >= 0.3 is 0 Å². The lowest BCUT2D eigenvalue weighted by Crippen LogP contribution is -2.26. The molecule has 2 rings (SSSR count). The molecule has 29 heavy (non-hydrogen) atoms. The van der Waals surface area contributed by atoms with Crippen LogP contribution in [0.4, 0.5) is 5.69 Å². The van der Waals surface area contributed by atoms with Crippen LogP contribution in [0.5, 0.6) is 11.5 Å². The molecule has 0 spiro atoms. The number of thioether (sulfide) groups is 1. The van der Waals surface area contributed by atoms with Crippen LogP contribution < -0.4 is 25.8 Å². The number of rotatable bonds is 9. The van der Waals surface area contributed by atoms with E-state index in [1.807, 2.05) is 55.8 Å². The highest BCUT2D eigenvalue weighted by Gasteiger charge is 2.08. The first-order valence-corrected chi connectivity index (χ1v) is 10.7. The Morgan fingerprint density at radius 1 is 1.07 bits per heavy atom. The monoisotopic (exact) mass is 417 g/mol. The fourth-order valence-corrected chi connectivity index (χ4v) is 2.85. The number of ether oxygens (including phenoxy) is 2. The number of carbonyl (C=O) groups is 1. The van der Waals surface area contributed by atoms with Gasteiger partial charge in [-0.1, -0.05) is 26.0 Å². The molecule has 0 atom stereocenters. The third-order valence-corrected chi connectivity index (χ3v) is 4.37. The van der Waals surface area contributed by atoms with Crippen LogP contribution in [0.15, 0.2) is 53.6 Å². The van der Waals surface area contributed by atoms with E-state index in [0.717, 1.165) is 11.3 Å². The quantitative estimate of drug-likeness (QED) is 0.566. The summed E-state index contributed by atoms with van der Waals surface area (Å²) < 4.78 is 10.5. The average molecular weight is 418 g/mol. The van der Waals surface area contributed by atoms with Crippen LogP contribution in [0.3, 0.4) is 0 Å². The number of nitrogens with two attached hydrogens (primary N) is 1. The maximum absolute atomic E-state index is 12.3. The van der Waals surface area contributed by atoms with Crippen molar-refractivity contribution in [2.45, 2.75) is 20.4 Å². The van der Waals surface area contributed by atoms with Gasteiger partial charge in [0.15, 0.2) is 11.5 Å². The fourth-order valence-electron chi connectivity index (χ4n) is 2.41. The lowest BCUT2D eigenvalue weighted by molar-refractivity contribution is 0.0965. The Labute approximate surface area is 177 Å². The molecule has 0 aliphatic rings. The molecule has 0 saturated heterocycles. The molecule has 6 nitrogen and oxygen atoms in total. The number of hydrogen-bond donors (Lipinski definition) is 3. The number of carbonyl (C=O) groups excluding carboxylic acids is 1. The first kappa shape index (κ1) is 24.4. The Morgan fingerprint density at radius 3 is 2.28 bits per heavy atom. The normalized spacial score (nSPS) is 10.5. The van der Waals surface area contributed by atoms with Crippen molar-refractivity contribution in [3.63, 3.8) is 0 Å². The Balaban J connectivity index is 0.00000204. The summed E-state index contributed by atoms with van der Waals surface area (Å²) in [5, 5.41) is 7.98. The fraction of sp³-hybridized carbons (Fsp3) is 0.318. The number of hydrogen-bond acceptors (Lipinski definition) is 6. The van der Waals surface area contributed by atoms with Gasteiger partial charge in [0.25, 0.3) is 5.91 Å². The van der Waals surface area contributed by atoms with Crippen LogP contribution in [-0.4, -0.2) is 32.9 Å². The van der Waals surface area contributed by atoms with Gasteiger partial charge in [-0.3, -0.25) is 4.79 Å². The Hall–Kier alpha value is -2.64. The molecular weight excluding hydrogens is 386 g/mol. The number of benzene rings is 2. The number of anilines is 1. The molecule has 7 heteroatoms. The number of methoxy groups -OCH3 is 2. The molecule has 0 fully saturated rings. The molecule has 0 radical (unpaired) electrons. The van der Waals surface area contributed by atoms with E-state index in [-0.39, 0.29) is 5.91 Å². The van der Waals surface area contributed by atoms with Gasteiger partial charge < -0.3 is 25.8 Å². The standard InChI is InChI=1S/C20H25N3O3S.C2H6/c1-25-18-9-8-16(10-19(18)26-2)22-12-14-4-6-15(7-5-14)20(24)23-17(11-21)13-27-3;1-2/h4-10,13,22H,11-12,21H2,1-3H3,(H,23,24);1-2H3/b17-13+;. The smallest absolute Gasteiger partial charge is 0.255 e. The molecule has 158 valence electrons. The molecule has 0 unspecified atom stereocenters. The minimum atomic E-state index is -0.167. The molecule has 4 N–H and O–H groups in total. The van der Waals surface area contributed by atoms with E-state index >= 15 is 0 Å². The minimum absolute atomic E-state index is 0.167. The number of amides is 1. The first-order chi connectivity index (χ1) is 14.1. The highest BCUT2D eigenvalue weighted by molar-refractivity contribution is 8.01. The third kappa shape index (κ3) is 7.71. The first-order valence-electron chi connectivity index (χ1n) is 9.39. The zero-order chi connectivity index (χ0) is 21.6. The van der Waals surface area contributed by atoms with Crippen molar-refractivity contribution in [3.8, 4) is 11.5 Å². The number of nitrogens with one attached hydrogen (secondary N) is 2. The summed E-state index contributed by atoms with van der Waals surface area (Å²) in [5.41, 5.74) is 8.89. The summed E-state index contributed by atoms with van der Waals surface area (Å²) in [5.74, 6) is 1.19. The predicted molar refractivity (Wildman–Crippen MR) is 123 cm³/mol. The van der Waals surface area contributed by atoms with Gasteiger partial charge in [0.05, 0.1) is 14.2 Å². The highest BCUT2D eigenvalue weighted by atomic mass is 32.2. The van der Waals surface area contributed by atoms with E-state index in [1.165, 1.54) is 11.8 Å². The molecule has 0 aliphatic heterocycles. The lowest BCUT2D eigenvalue weighted by Gasteiger charge is -2.12. The summed E-state index contributed by atoms with van der Waals surface area (Å²) in [6.45, 7) is 4.91. The average Bonchev–Trinajstić information content (AvgIpc) is 2.78. The van der Waals surface area contributed by atoms with Crippen molar-refractivity contribution >= 4 is 23.4 Å². The second-order valence-electron chi connectivity index (χ2n) is 5.66. The van der Waals surface area contributed by atoms with Gasteiger partial charge in [-0.2, -0.15) is 0 Å². The van der Waals surface area contributed by atoms with Crippen LogP contribution >= 0.6 is 11.8 Å². The summed E-state index contributed by atoms with van der Waals surface area (Å²) >= 11 is 1.50. The largest absolute Gasteiger partial charge is 0.493 e. The van der Waals surface area contributed by atoms with Crippen molar-refractivity contribution in [2.24, 2.45) is 5.73 Å². The van der Waals surface area contributed by atoms with E-state index in [1.54, 1.807) is 26.4 Å². The highest BCUT2D eigenvalue weighted by Crippen LogP contribution is 2.29. The Morgan fingerprint density at radius 2 is 1.72 bits per heavy atom. The topological polar surface area (TPSA) is 85.6 Å². The van der Waals surface area contributed by atoms with Crippen LogP contribution in [-0.2, 0) is 6.54 Å². The van der Waals surface area contributed by atoms with Crippen molar-refractivity contribution < 1.29 is 14.3 Å². The summed E-state index contributed by atoms with van der Waals surface area (Å²) in [6.07, 6.45) is 1.92. The predicted octanol–water partition coefficient (Wildman–Crippen LogP) is 4.24. The van der Waals surface area contributed by atoms with Gasteiger partial charge in [0.1, 0.15) is 0 Å². The third-order valence-electron chi connectivity index (χ3n) is 3.85. The molecule has 0 aliphatic carbocycles. The molecule has 1 amide bonds. The zero-order valence-corrected chi connectivity index (χ0v) is 18.6. The SMILES string of the molecule is CC.COc1ccc(NCc2ccc(C(=O)N/C(=C/SC)CN)cc2)cc1OC. The van der Waals surface area contributed by atoms with Gasteiger partial charge in [-0.25, -0.2) is 0 Å². The van der Waals surface area contributed by atoms with Crippen molar-refractivity contribution in [1.82, 2.24) is 5.32 Å². The maximum Gasteiger partial charge on any atom is 0.255 e. The Bertz CT molecular complexity index is 792. The lowest BCUT2D eigenvalue weighted by atomic mass is 10.1. The minimum Gasteiger partial charge on any atom is -0.493 e. The van der Waals surface area contributed by atoms with Crippen LogP contribution in [0.1, 0.15) is 29.8 Å². The molecule has 0 heterocycles. The molecule has 0 saturated carbocycles. The molecule has 2 aromatic carbocycles.